The summed E-state index contributed by atoms with van der Waals surface area (Å²) in [6, 6.07) is 6.14. The first-order chi connectivity index (χ1) is 9.45. The van der Waals surface area contributed by atoms with Gasteiger partial charge in [0.05, 0.1) is 6.04 Å². The highest BCUT2D eigenvalue weighted by atomic mass is 19.3. The normalized spacial score (nSPS) is 12.3. The third-order valence-corrected chi connectivity index (χ3v) is 3.01. The molecule has 0 saturated heterocycles. The highest BCUT2D eigenvalue weighted by Gasteiger charge is 2.16. The smallest absolute Gasteiger partial charge is 0.387 e. The van der Waals surface area contributed by atoms with E-state index in [4.69, 9.17) is 0 Å². The van der Waals surface area contributed by atoms with Crippen molar-refractivity contribution in [2.75, 3.05) is 13.6 Å². The van der Waals surface area contributed by atoms with E-state index in [1.54, 1.807) is 37.1 Å². The molecular formula is C14H20F2N2O2. The van der Waals surface area contributed by atoms with Crippen molar-refractivity contribution >= 4 is 5.91 Å². The molecule has 0 spiro atoms. The number of amides is 1. The third-order valence-electron chi connectivity index (χ3n) is 3.01. The van der Waals surface area contributed by atoms with E-state index in [1.165, 1.54) is 6.07 Å². The summed E-state index contributed by atoms with van der Waals surface area (Å²) < 4.78 is 29.0. The topological polar surface area (TPSA) is 41.6 Å². The zero-order valence-corrected chi connectivity index (χ0v) is 11.9. The van der Waals surface area contributed by atoms with Crippen LogP contribution in [0.2, 0.25) is 0 Å². The summed E-state index contributed by atoms with van der Waals surface area (Å²) >= 11 is 0. The fourth-order valence-corrected chi connectivity index (χ4v) is 1.70. The van der Waals surface area contributed by atoms with E-state index >= 15 is 0 Å². The lowest BCUT2D eigenvalue weighted by atomic mass is 10.2. The number of hydrogen-bond donors (Lipinski definition) is 1. The second-order valence-electron chi connectivity index (χ2n) is 4.44. The standard InChI is InChI=1S/C14H20F2N2O2/c1-4-18(3)13(19)10(2)17-9-11-7-5-6-8-12(11)20-14(15)16/h5-8,10,14,17H,4,9H2,1-3H3. The van der Waals surface area contributed by atoms with Crippen LogP contribution in [0, 0.1) is 0 Å². The van der Waals surface area contributed by atoms with Crippen LogP contribution in [0.15, 0.2) is 24.3 Å². The maximum absolute atomic E-state index is 12.3. The Morgan fingerprint density at radius 1 is 1.40 bits per heavy atom. The van der Waals surface area contributed by atoms with Gasteiger partial charge in [0.15, 0.2) is 0 Å². The lowest BCUT2D eigenvalue weighted by molar-refractivity contribution is -0.131. The van der Waals surface area contributed by atoms with Gasteiger partial charge in [-0.15, -0.1) is 0 Å². The molecule has 1 rings (SSSR count). The molecule has 112 valence electrons. The molecule has 0 aliphatic rings. The van der Waals surface area contributed by atoms with Crippen LogP contribution in [0.4, 0.5) is 8.78 Å². The number of ether oxygens (including phenoxy) is 1. The Bertz CT molecular complexity index is 441. The first kappa shape index (κ1) is 16.4. The number of alkyl halides is 2. The molecule has 1 amide bonds. The minimum atomic E-state index is -2.86. The average molecular weight is 286 g/mol. The zero-order valence-electron chi connectivity index (χ0n) is 11.9. The molecule has 0 saturated carbocycles. The van der Waals surface area contributed by atoms with Crippen LogP contribution in [-0.2, 0) is 11.3 Å². The molecule has 1 unspecified atom stereocenters. The highest BCUT2D eigenvalue weighted by molar-refractivity contribution is 5.81. The number of rotatable bonds is 7. The fraction of sp³-hybridized carbons (Fsp3) is 0.500. The summed E-state index contributed by atoms with van der Waals surface area (Å²) in [5.41, 5.74) is 0.589. The van der Waals surface area contributed by atoms with E-state index in [9.17, 15) is 13.6 Å². The summed E-state index contributed by atoms with van der Waals surface area (Å²) in [5.74, 6) is 0.0817. The molecule has 1 N–H and O–H groups in total. The predicted octanol–water partition coefficient (Wildman–Crippen LogP) is 2.24. The van der Waals surface area contributed by atoms with Crippen molar-refractivity contribution < 1.29 is 18.3 Å². The van der Waals surface area contributed by atoms with Crippen molar-refractivity contribution in [2.24, 2.45) is 0 Å². The first-order valence-corrected chi connectivity index (χ1v) is 6.46. The monoisotopic (exact) mass is 286 g/mol. The number of likely N-dealkylation sites (N-methyl/N-ethyl adjacent to an activating group) is 1. The van der Waals surface area contributed by atoms with Gasteiger partial charge < -0.3 is 15.0 Å². The molecular weight excluding hydrogens is 266 g/mol. The fourth-order valence-electron chi connectivity index (χ4n) is 1.70. The van der Waals surface area contributed by atoms with Gasteiger partial charge in [0, 0.05) is 25.7 Å². The molecule has 1 atom stereocenters. The maximum Gasteiger partial charge on any atom is 0.387 e. The lowest BCUT2D eigenvalue weighted by Gasteiger charge is -2.21. The average Bonchev–Trinajstić information content (AvgIpc) is 2.43. The van der Waals surface area contributed by atoms with E-state index in [1.807, 2.05) is 6.92 Å². The predicted molar refractivity (Wildman–Crippen MR) is 72.7 cm³/mol. The molecule has 1 aromatic carbocycles. The Morgan fingerprint density at radius 3 is 2.65 bits per heavy atom. The second-order valence-corrected chi connectivity index (χ2v) is 4.44. The maximum atomic E-state index is 12.3. The Balaban J connectivity index is 2.63. The van der Waals surface area contributed by atoms with Crippen LogP contribution < -0.4 is 10.1 Å². The third kappa shape index (κ3) is 4.77. The van der Waals surface area contributed by atoms with Crippen LogP contribution >= 0.6 is 0 Å². The summed E-state index contributed by atoms with van der Waals surface area (Å²) in [5, 5.41) is 3.01. The van der Waals surface area contributed by atoms with E-state index in [2.05, 4.69) is 10.1 Å². The van der Waals surface area contributed by atoms with Crippen molar-refractivity contribution in [3.05, 3.63) is 29.8 Å². The SMILES string of the molecule is CCN(C)C(=O)C(C)NCc1ccccc1OC(F)F. The van der Waals surface area contributed by atoms with Gasteiger partial charge in [-0.25, -0.2) is 0 Å². The molecule has 0 radical (unpaired) electrons. The molecule has 6 heteroatoms. The zero-order chi connectivity index (χ0) is 15.1. The second kappa shape index (κ2) is 7.79. The van der Waals surface area contributed by atoms with Gasteiger partial charge in [-0.05, 0) is 19.9 Å². The number of hydrogen-bond acceptors (Lipinski definition) is 3. The van der Waals surface area contributed by atoms with Gasteiger partial charge in [0.2, 0.25) is 5.91 Å². The van der Waals surface area contributed by atoms with Gasteiger partial charge in [-0.2, -0.15) is 8.78 Å². The van der Waals surface area contributed by atoms with E-state index in [-0.39, 0.29) is 24.2 Å². The van der Waals surface area contributed by atoms with E-state index < -0.39 is 6.61 Å². The summed E-state index contributed by atoms with van der Waals surface area (Å²) in [4.78, 5) is 13.5. The molecule has 0 heterocycles. The van der Waals surface area contributed by atoms with Gasteiger partial charge >= 0.3 is 6.61 Å². The molecule has 0 aliphatic carbocycles. The largest absolute Gasteiger partial charge is 0.434 e. The minimum Gasteiger partial charge on any atom is -0.434 e. The number of nitrogens with one attached hydrogen (secondary N) is 1. The van der Waals surface area contributed by atoms with Crippen molar-refractivity contribution in [3.63, 3.8) is 0 Å². The van der Waals surface area contributed by atoms with Gasteiger partial charge in [-0.1, -0.05) is 18.2 Å². The highest BCUT2D eigenvalue weighted by Crippen LogP contribution is 2.20. The van der Waals surface area contributed by atoms with Crippen LogP contribution in [0.5, 0.6) is 5.75 Å². The summed E-state index contributed by atoms with van der Waals surface area (Å²) in [6.45, 7) is 1.67. The summed E-state index contributed by atoms with van der Waals surface area (Å²) in [6.07, 6.45) is 0. The number of benzene rings is 1. The van der Waals surface area contributed by atoms with Crippen LogP contribution in [0.1, 0.15) is 19.4 Å². The molecule has 0 bridgehead atoms. The van der Waals surface area contributed by atoms with Crippen molar-refractivity contribution in [1.82, 2.24) is 10.2 Å². The van der Waals surface area contributed by atoms with Crippen LogP contribution in [-0.4, -0.2) is 37.1 Å². The number of carbonyl (C=O) groups is 1. The minimum absolute atomic E-state index is 0.0419. The van der Waals surface area contributed by atoms with Gasteiger partial charge in [-0.3, -0.25) is 4.79 Å². The summed E-state index contributed by atoms with van der Waals surface area (Å²) in [7, 11) is 1.72. The van der Waals surface area contributed by atoms with Crippen molar-refractivity contribution in [3.8, 4) is 5.75 Å². The van der Waals surface area contributed by atoms with Gasteiger partial charge in [0.1, 0.15) is 5.75 Å². The molecule has 0 aliphatic heterocycles. The van der Waals surface area contributed by atoms with Gasteiger partial charge in [0.25, 0.3) is 0 Å². The Labute approximate surface area is 117 Å². The molecule has 0 aromatic heterocycles. The molecule has 4 nitrogen and oxygen atoms in total. The number of para-hydroxylation sites is 1. The van der Waals surface area contributed by atoms with E-state index in [0.29, 0.717) is 12.1 Å². The van der Waals surface area contributed by atoms with E-state index in [0.717, 1.165) is 0 Å². The Morgan fingerprint density at radius 2 is 2.05 bits per heavy atom. The number of halogens is 2. The Kier molecular flexibility index (Phi) is 6.38. The Hall–Kier alpha value is -1.69. The molecule has 1 aromatic rings. The van der Waals surface area contributed by atoms with Crippen molar-refractivity contribution in [1.29, 1.82) is 0 Å². The van der Waals surface area contributed by atoms with Crippen LogP contribution in [0.25, 0.3) is 0 Å². The first-order valence-electron chi connectivity index (χ1n) is 6.46. The van der Waals surface area contributed by atoms with Crippen molar-refractivity contribution in [2.45, 2.75) is 33.0 Å². The quantitative estimate of drug-likeness (QED) is 0.836. The number of carbonyl (C=O) groups excluding carboxylic acids is 1. The number of nitrogens with zero attached hydrogens (tertiary/aromatic N) is 1. The molecule has 0 fully saturated rings. The van der Waals surface area contributed by atoms with Crippen LogP contribution in [0.3, 0.4) is 0 Å². The molecule has 20 heavy (non-hydrogen) atoms. The lowest BCUT2D eigenvalue weighted by Crippen LogP contribution is -2.42.